The summed E-state index contributed by atoms with van der Waals surface area (Å²) in [7, 11) is 1.55. The molecule has 1 aliphatic heterocycles. The summed E-state index contributed by atoms with van der Waals surface area (Å²) < 4.78 is 0. The average molecular weight is 304 g/mol. The van der Waals surface area contributed by atoms with Crippen molar-refractivity contribution in [2.24, 2.45) is 5.92 Å². The number of benzene rings is 1. The fraction of sp³-hybridized carbons (Fsp3) is 0.529. The van der Waals surface area contributed by atoms with Gasteiger partial charge in [-0.1, -0.05) is 30.3 Å². The highest BCUT2D eigenvalue weighted by Gasteiger charge is 2.29. The van der Waals surface area contributed by atoms with Gasteiger partial charge in [-0.25, -0.2) is 9.59 Å². The summed E-state index contributed by atoms with van der Waals surface area (Å²) in [6.45, 7) is 2.93. The van der Waals surface area contributed by atoms with Gasteiger partial charge >= 0.3 is 12.0 Å². The Bertz CT molecular complexity index is 510. The number of carboxylic acids is 1. The highest BCUT2D eigenvalue weighted by molar-refractivity contribution is 5.82. The number of carbonyl (C=O) groups excluding carboxylic acids is 1. The summed E-state index contributed by atoms with van der Waals surface area (Å²) in [5.74, 6) is -0.386. The van der Waals surface area contributed by atoms with Crippen LogP contribution >= 0.6 is 0 Å². The monoisotopic (exact) mass is 304 g/mol. The van der Waals surface area contributed by atoms with E-state index in [1.807, 2.05) is 6.07 Å². The van der Waals surface area contributed by atoms with Crippen LogP contribution in [0.2, 0.25) is 0 Å². The summed E-state index contributed by atoms with van der Waals surface area (Å²) in [6.07, 6.45) is 2.98. The van der Waals surface area contributed by atoms with E-state index in [4.69, 9.17) is 5.11 Å². The summed E-state index contributed by atoms with van der Waals surface area (Å²) in [4.78, 5) is 26.3. The molecule has 1 fully saturated rings. The number of nitrogens with zero attached hydrogens (tertiary/aromatic N) is 2. The summed E-state index contributed by atoms with van der Waals surface area (Å²) in [5, 5.41) is 8.99. The molecule has 2 rings (SSSR count). The lowest BCUT2D eigenvalue weighted by atomic mass is 9.90. The van der Waals surface area contributed by atoms with Crippen molar-refractivity contribution in [2.75, 3.05) is 20.1 Å². The molecule has 1 saturated heterocycles. The third kappa shape index (κ3) is 4.00. The Morgan fingerprint density at radius 1 is 1.27 bits per heavy atom. The predicted molar refractivity (Wildman–Crippen MR) is 84.7 cm³/mol. The molecule has 1 aliphatic rings. The Kier molecular flexibility index (Phi) is 5.41. The van der Waals surface area contributed by atoms with Gasteiger partial charge in [-0.3, -0.25) is 0 Å². The van der Waals surface area contributed by atoms with E-state index in [9.17, 15) is 9.59 Å². The summed E-state index contributed by atoms with van der Waals surface area (Å²) >= 11 is 0. The molecule has 0 bridgehead atoms. The number of amides is 2. The van der Waals surface area contributed by atoms with E-state index in [0.29, 0.717) is 19.0 Å². The van der Waals surface area contributed by atoms with Gasteiger partial charge in [0.1, 0.15) is 6.04 Å². The number of aliphatic carboxylic acids is 1. The Morgan fingerprint density at radius 2 is 1.86 bits per heavy atom. The predicted octanol–water partition coefficient (Wildman–Crippen LogP) is 2.47. The van der Waals surface area contributed by atoms with Gasteiger partial charge in [-0.15, -0.1) is 0 Å². The third-order valence-corrected chi connectivity index (χ3v) is 4.49. The van der Waals surface area contributed by atoms with Crippen LogP contribution in [0.3, 0.4) is 0 Å². The Hall–Kier alpha value is -2.04. The number of likely N-dealkylation sites (tertiary alicyclic amines) is 1. The molecule has 0 radical (unpaired) electrons. The zero-order valence-electron chi connectivity index (χ0n) is 13.2. The quantitative estimate of drug-likeness (QED) is 0.929. The molecule has 120 valence electrons. The lowest BCUT2D eigenvalue weighted by molar-refractivity contribution is -0.141. The maximum absolute atomic E-state index is 12.3. The largest absolute Gasteiger partial charge is 0.480 e. The lowest BCUT2D eigenvalue weighted by Crippen LogP contribution is -2.50. The van der Waals surface area contributed by atoms with Crippen molar-refractivity contribution in [1.29, 1.82) is 0 Å². The van der Waals surface area contributed by atoms with Crippen LogP contribution in [0.15, 0.2) is 30.3 Å². The van der Waals surface area contributed by atoms with E-state index in [-0.39, 0.29) is 6.03 Å². The van der Waals surface area contributed by atoms with Crippen molar-refractivity contribution in [3.05, 3.63) is 35.9 Å². The van der Waals surface area contributed by atoms with E-state index in [2.05, 4.69) is 24.3 Å². The first-order valence-electron chi connectivity index (χ1n) is 7.77. The minimum absolute atomic E-state index is 0.187. The molecular weight excluding hydrogens is 280 g/mol. The maximum Gasteiger partial charge on any atom is 0.326 e. The highest BCUT2D eigenvalue weighted by atomic mass is 16.4. The summed E-state index contributed by atoms with van der Waals surface area (Å²) in [6, 6.07) is 9.42. The minimum Gasteiger partial charge on any atom is -0.480 e. The van der Waals surface area contributed by atoms with Crippen LogP contribution in [0.1, 0.15) is 25.3 Å². The standard InChI is InChI=1S/C17H24N2O3/c1-13(16(20)21)18(2)17(22)19-10-8-15(9-11-19)12-14-6-4-3-5-7-14/h3-7,13,15H,8-12H2,1-2H3,(H,20,21). The van der Waals surface area contributed by atoms with Gasteiger partial charge in [0, 0.05) is 20.1 Å². The first kappa shape index (κ1) is 16.3. The van der Waals surface area contributed by atoms with Crippen molar-refractivity contribution < 1.29 is 14.7 Å². The Morgan fingerprint density at radius 3 is 2.41 bits per heavy atom. The molecule has 1 heterocycles. The second-order valence-corrected chi connectivity index (χ2v) is 6.03. The van der Waals surface area contributed by atoms with E-state index in [1.54, 1.807) is 11.9 Å². The molecular formula is C17H24N2O3. The average Bonchev–Trinajstić information content (AvgIpc) is 2.54. The zero-order chi connectivity index (χ0) is 16.1. The second kappa shape index (κ2) is 7.29. The van der Waals surface area contributed by atoms with Gasteiger partial charge in [0.25, 0.3) is 0 Å². The number of rotatable bonds is 4. The molecule has 0 aromatic heterocycles. The molecule has 0 aliphatic carbocycles. The topological polar surface area (TPSA) is 60.9 Å². The SMILES string of the molecule is CC(C(=O)O)N(C)C(=O)N1CCC(Cc2ccccc2)CC1. The number of urea groups is 1. The van der Waals surface area contributed by atoms with Crippen LogP contribution < -0.4 is 0 Å². The normalized spacial score (nSPS) is 17.1. The van der Waals surface area contributed by atoms with Crippen LogP contribution in [0.25, 0.3) is 0 Å². The van der Waals surface area contributed by atoms with Crippen molar-refractivity contribution in [1.82, 2.24) is 9.80 Å². The van der Waals surface area contributed by atoms with Gasteiger partial charge in [0.15, 0.2) is 0 Å². The molecule has 2 amide bonds. The van der Waals surface area contributed by atoms with E-state index >= 15 is 0 Å². The van der Waals surface area contributed by atoms with Crippen molar-refractivity contribution >= 4 is 12.0 Å². The zero-order valence-corrected chi connectivity index (χ0v) is 13.2. The number of carbonyl (C=O) groups is 2. The first-order valence-corrected chi connectivity index (χ1v) is 7.77. The first-order chi connectivity index (χ1) is 10.5. The van der Waals surface area contributed by atoms with Crippen LogP contribution in [-0.4, -0.2) is 53.1 Å². The Balaban J connectivity index is 1.84. The molecule has 1 aromatic rings. The molecule has 5 heteroatoms. The third-order valence-electron chi connectivity index (χ3n) is 4.49. The number of hydrogen-bond donors (Lipinski definition) is 1. The lowest BCUT2D eigenvalue weighted by Gasteiger charge is -2.35. The van der Waals surface area contributed by atoms with Crippen LogP contribution in [0, 0.1) is 5.92 Å². The van der Waals surface area contributed by atoms with Gasteiger partial charge in [0.2, 0.25) is 0 Å². The van der Waals surface area contributed by atoms with Gasteiger partial charge < -0.3 is 14.9 Å². The molecule has 0 saturated carbocycles. The molecule has 5 nitrogen and oxygen atoms in total. The van der Waals surface area contributed by atoms with Gasteiger partial charge in [-0.2, -0.15) is 0 Å². The van der Waals surface area contributed by atoms with Gasteiger partial charge in [-0.05, 0) is 37.7 Å². The fourth-order valence-corrected chi connectivity index (χ4v) is 2.83. The molecule has 1 N–H and O–H groups in total. The summed E-state index contributed by atoms with van der Waals surface area (Å²) in [5.41, 5.74) is 1.34. The molecule has 1 unspecified atom stereocenters. The second-order valence-electron chi connectivity index (χ2n) is 6.03. The van der Waals surface area contributed by atoms with Crippen molar-refractivity contribution in [3.8, 4) is 0 Å². The van der Waals surface area contributed by atoms with E-state index in [1.165, 1.54) is 17.4 Å². The number of carboxylic acid groups (broad SMARTS) is 1. The van der Waals surface area contributed by atoms with E-state index < -0.39 is 12.0 Å². The fourth-order valence-electron chi connectivity index (χ4n) is 2.83. The number of hydrogen-bond acceptors (Lipinski definition) is 2. The van der Waals surface area contributed by atoms with Crippen LogP contribution in [0.4, 0.5) is 4.79 Å². The van der Waals surface area contributed by atoms with Crippen LogP contribution in [-0.2, 0) is 11.2 Å². The Labute approximate surface area is 131 Å². The molecule has 22 heavy (non-hydrogen) atoms. The van der Waals surface area contributed by atoms with Crippen molar-refractivity contribution in [2.45, 2.75) is 32.2 Å². The van der Waals surface area contributed by atoms with Crippen molar-refractivity contribution in [3.63, 3.8) is 0 Å². The van der Waals surface area contributed by atoms with Crippen LogP contribution in [0.5, 0.6) is 0 Å². The molecule has 0 spiro atoms. The highest BCUT2D eigenvalue weighted by Crippen LogP contribution is 2.22. The minimum atomic E-state index is -0.977. The molecule has 1 aromatic carbocycles. The van der Waals surface area contributed by atoms with E-state index in [0.717, 1.165) is 19.3 Å². The number of likely N-dealkylation sites (N-methyl/N-ethyl adjacent to an activating group) is 1. The maximum atomic E-state index is 12.3. The van der Waals surface area contributed by atoms with Gasteiger partial charge in [0.05, 0.1) is 0 Å². The molecule has 1 atom stereocenters. The smallest absolute Gasteiger partial charge is 0.326 e. The number of piperidine rings is 1.